The summed E-state index contributed by atoms with van der Waals surface area (Å²) in [6.07, 6.45) is 0. The van der Waals surface area contributed by atoms with Crippen molar-refractivity contribution in [2.75, 3.05) is 0 Å². The molecule has 0 saturated carbocycles. The molecule has 0 fully saturated rings. The van der Waals surface area contributed by atoms with Crippen molar-refractivity contribution < 1.29 is 9.69 Å². The summed E-state index contributed by atoms with van der Waals surface area (Å²) in [5, 5.41) is 0. The van der Waals surface area contributed by atoms with Gasteiger partial charge in [-0.3, -0.25) is 11.7 Å². The van der Waals surface area contributed by atoms with Crippen molar-refractivity contribution >= 4 is 30.6 Å². The molecule has 0 aromatic carbocycles. The first-order valence-electron chi connectivity index (χ1n) is 0.809. The van der Waals surface area contributed by atoms with Crippen LogP contribution in [0.25, 0.3) is 0 Å². The fourth-order valence-electron chi connectivity index (χ4n) is 0. The van der Waals surface area contributed by atoms with Crippen LogP contribution >= 0.6 is 21.4 Å². The molecule has 6 N–H and O–H groups in total. The number of rotatable bonds is 0. The van der Waals surface area contributed by atoms with E-state index in [0.717, 1.165) is 0 Å². The van der Waals surface area contributed by atoms with Gasteiger partial charge in [-0.15, -0.1) is 0 Å². The van der Waals surface area contributed by atoms with E-state index in [9.17, 15) is 0 Å². The van der Waals surface area contributed by atoms with Crippen molar-refractivity contribution in [3.8, 4) is 0 Å². The zero-order chi connectivity index (χ0) is 5.58. The third-order valence-corrected chi connectivity index (χ3v) is 0. The minimum atomic E-state index is -1.67. The average Bonchev–Trinajstić information content (AvgIpc) is 1.41. The Bertz CT molecular complexity index is 36.7. The largest absolute Gasteiger partial charge is 0.412 e. The lowest BCUT2D eigenvalue weighted by atomic mass is 13.0. The lowest BCUT2D eigenvalue weighted by Crippen LogP contribution is -2.02. The molecule has 0 atom stereocenters. The third kappa shape index (κ3) is 378. The van der Waals surface area contributed by atoms with Crippen molar-refractivity contribution in [3.05, 3.63) is 0 Å². The van der Waals surface area contributed by atoms with E-state index in [1.807, 2.05) is 0 Å². The molecular formula is H6Cl2N2O2S. The SMILES string of the molecule is NN.O.O=S(Cl)Cl. The number of nitrogens with two attached hydrogens (primary N) is 2. The van der Waals surface area contributed by atoms with Gasteiger partial charge >= 0.3 is 0 Å². The molecule has 7 heteroatoms. The fourth-order valence-corrected chi connectivity index (χ4v) is 0. The van der Waals surface area contributed by atoms with Crippen molar-refractivity contribution in [3.63, 3.8) is 0 Å². The summed E-state index contributed by atoms with van der Waals surface area (Å²) in [4.78, 5) is 0. The van der Waals surface area contributed by atoms with Crippen LogP contribution in [0.1, 0.15) is 0 Å². The minimum Gasteiger partial charge on any atom is -0.412 e. The Morgan fingerprint density at radius 2 is 1.29 bits per heavy atom. The van der Waals surface area contributed by atoms with Gasteiger partial charge < -0.3 is 5.48 Å². The van der Waals surface area contributed by atoms with Crippen molar-refractivity contribution in [1.29, 1.82) is 0 Å². The van der Waals surface area contributed by atoms with Gasteiger partial charge in [-0.1, -0.05) is 0 Å². The number of halogens is 2. The Morgan fingerprint density at radius 3 is 1.29 bits per heavy atom. The van der Waals surface area contributed by atoms with Gasteiger partial charge in [0.05, 0.1) is 0 Å². The Hall–Kier alpha value is 0.610. The van der Waals surface area contributed by atoms with Crippen LogP contribution in [0.5, 0.6) is 0 Å². The summed E-state index contributed by atoms with van der Waals surface area (Å²) in [6, 6.07) is 0. The first-order valence-corrected chi connectivity index (χ1v) is 3.61. The van der Waals surface area contributed by atoms with Crippen LogP contribution < -0.4 is 11.7 Å². The molecule has 0 unspecified atom stereocenters. The summed E-state index contributed by atoms with van der Waals surface area (Å²) < 4.78 is 9.09. The highest BCUT2D eigenvalue weighted by Crippen LogP contribution is 1.89. The van der Waals surface area contributed by atoms with E-state index in [0.29, 0.717) is 0 Å². The van der Waals surface area contributed by atoms with E-state index in [2.05, 4.69) is 33.1 Å². The summed E-state index contributed by atoms with van der Waals surface area (Å²) in [5.74, 6) is 8.00. The lowest BCUT2D eigenvalue weighted by Gasteiger charge is -1.50. The van der Waals surface area contributed by atoms with E-state index in [1.165, 1.54) is 0 Å². The third-order valence-electron chi connectivity index (χ3n) is 0. The van der Waals surface area contributed by atoms with Crippen LogP contribution in [0.4, 0.5) is 0 Å². The molecule has 0 aliphatic rings. The zero-order valence-corrected chi connectivity index (χ0v) is 5.56. The Morgan fingerprint density at radius 1 is 1.29 bits per heavy atom. The van der Waals surface area contributed by atoms with Crippen LogP contribution in [0.3, 0.4) is 0 Å². The summed E-state index contributed by atoms with van der Waals surface area (Å²) >= 11 is 0. The number of hydrogen-bond donors (Lipinski definition) is 2. The average molecular weight is 169 g/mol. The van der Waals surface area contributed by atoms with E-state index < -0.39 is 9.23 Å². The maximum absolute atomic E-state index is 9.09. The quantitative estimate of drug-likeness (QED) is 0.277. The van der Waals surface area contributed by atoms with Gasteiger partial charge in [0, 0.05) is 21.4 Å². The highest BCUT2D eigenvalue weighted by atomic mass is 36.0. The molecule has 0 rings (SSSR count). The fraction of sp³-hybridized carbons (Fsp3) is 0. The van der Waals surface area contributed by atoms with Gasteiger partial charge in [-0.2, -0.15) is 0 Å². The van der Waals surface area contributed by atoms with Gasteiger partial charge in [0.2, 0.25) is 9.23 Å². The molecule has 0 saturated heterocycles. The predicted octanol–water partition coefficient (Wildman–Crippen LogP) is -0.963. The first kappa shape index (κ1) is 15.6. The smallest absolute Gasteiger partial charge is 0.211 e. The second-order valence-electron chi connectivity index (χ2n) is 0.184. The number of hydrogen-bond acceptors (Lipinski definition) is 3. The molecule has 0 aliphatic heterocycles. The van der Waals surface area contributed by atoms with Gasteiger partial charge in [0.1, 0.15) is 0 Å². The van der Waals surface area contributed by atoms with Crippen LogP contribution in [-0.4, -0.2) is 9.69 Å². The number of hydrazine groups is 1. The Balaban J connectivity index is -0.0000000480. The molecule has 0 bridgehead atoms. The molecule has 0 aromatic rings. The van der Waals surface area contributed by atoms with Crippen LogP contribution in [-0.2, 0) is 9.23 Å². The van der Waals surface area contributed by atoms with Crippen LogP contribution in [0.2, 0.25) is 0 Å². The highest BCUT2D eigenvalue weighted by molar-refractivity contribution is 8.26. The monoisotopic (exact) mass is 168 g/mol. The zero-order valence-electron chi connectivity index (χ0n) is 3.23. The molecule has 0 amide bonds. The molecule has 0 heterocycles. The van der Waals surface area contributed by atoms with Crippen LogP contribution in [0.15, 0.2) is 0 Å². The van der Waals surface area contributed by atoms with Gasteiger partial charge in [0.25, 0.3) is 0 Å². The molecule has 0 aromatic heterocycles. The lowest BCUT2D eigenvalue weighted by molar-refractivity contribution is 0.698. The summed E-state index contributed by atoms with van der Waals surface area (Å²) in [7, 11) is 7.36. The predicted molar refractivity (Wildman–Crippen MR) is 31.8 cm³/mol. The van der Waals surface area contributed by atoms with E-state index in [-0.39, 0.29) is 5.48 Å². The second kappa shape index (κ2) is 16.0. The van der Waals surface area contributed by atoms with Crippen LogP contribution in [0, 0.1) is 0 Å². The summed E-state index contributed by atoms with van der Waals surface area (Å²) in [5.41, 5.74) is 0. The Labute approximate surface area is 52.5 Å². The van der Waals surface area contributed by atoms with Crippen molar-refractivity contribution in [1.82, 2.24) is 0 Å². The van der Waals surface area contributed by atoms with Crippen molar-refractivity contribution in [2.24, 2.45) is 11.7 Å². The minimum absolute atomic E-state index is 0. The maximum Gasteiger partial charge on any atom is 0.211 e. The Kier molecular flexibility index (Phi) is 35.7. The molecule has 4 nitrogen and oxygen atoms in total. The second-order valence-corrected chi connectivity index (χ2v) is 2.71. The maximum atomic E-state index is 9.09. The van der Waals surface area contributed by atoms with E-state index >= 15 is 0 Å². The standard InChI is InChI=1S/Cl2OS.H4N2.H2O/c1-4(2)3;1-2;/h;1-2H2;1H2. The highest BCUT2D eigenvalue weighted by Gasteiger charge is 1.67. The topological polar surface area (TPSA) is 101 Å². The molecule has 0 radical (unpaired) electrons. The van der Waals surface area contributed by atoms with Gasteiger partial charge in [-0.25, -0.2) is 4.21 Å². The molecular weight excluding hydrogens is 163 g/mol. The molecule has 0 spiro atoms. The first-order chi connectivity index (χ1) is 2.73. The van der Waals surface area contributed by atoms with Crippen molar-refractivity contribution in [2.45, 2.75) is 0 Å². The van der Waals surface area contributed by atoms with E-state index in [4.69, 9.17) is 4.21 Å². The normalized spacial score (nSPS) is 5.86. The molecule has 7 heavy (non-hydrogen) atoms. The van der Waals surface area contributed by atoms with Gasteiger partial charge in [0.15, 0.2) is 0 Å². The van der Waals surface area contributed by atoms with E-state index in [1.54, 1.807) is 0 Å². The summed E-state index contributed by atoms with van der Waals surface area (Å²) in [6.45, 7) is 0. The molecule has 0 aliphatic carbocycles. The van der Waals surface area contributed by atoms with Gasteiger partial charge in [-0.05, 0) is 0 Å². The molecule has 48 valence electrons.